The number of ether oxygens (including phenoxy) is 3. The van der Waals surface area contributed by atoms with Gasteiger partial charge in [0.05, 0.1) is 39.3 Å². The molecule has 11 heteroatoms. The highest BCUT2D eigenvalue weighted by atomic mass is 35.5. The quantitative estimate of drug-likeness (QED) is 0.427. The molecule has 0 saturated carbocycles. The summed E-state index contributed by atoms with van der Waals surface area (Å²) in [6.45, 7) is 1.04. The summed E-state index contributed by atoms with van der Waals surface area (Å²) >= 11 is 7.53. The maximum atomic E-state index is 13.0. The van der Waals surface area contributed by atoms with Crippen LogP contribution in [0, 0.1) is 0 Å². The number of carbonyl (C=O) groups is 1. The van der Waals surface area contributed by atoms with Crippen LogP contribution in [-0.2, 0) is 13.0 Å². The molecule has 0 atom stereocenters. The maximum absolute atomic E-state index is 13.0. The molecular formula is C23H22ClN5O4S. The molecule has 0 bridgehead atoms. The number of thiazole rings is 1. The molecule has 3 heterocycles. The number of methoxy groups -OCH3 is 3. The zero-order valence-corrected chi connectivity index (χ0v) is 20.4. The van der Waals surface area contributed by atoms with Gasteiger partial charge in [0, 0.05) is 40.6 Å². The van der Waals surface area contributed by atoms with Crippen LogP contribution < -0.4 is 19.5 Å². The van der Waals surface area contributed by atoms with E-state index in [1.807, 2.05) is 28.8 Å². The van der Waals surface area contributed by atoms with E-state index in [4.69, 9.17) is 30.9 Å². The number of carbonyl (C=O) groups excluding carboxylic acids is 1. The number of anilines is 1. The van der Waals surface area contributed by atoms with Crippen molar-refractivity contribution < 1.29 is 19.0 Å². The van der Waals surface area contributed by atoms with Crippen molar-refractivity contribution in [3.05, 3.63) is 52.0 Å². The summed E-state index contributed by atoms with van der Waals surface area (Å²) in [5.41, 5.74) is 2.56. The number of rotatable bonds is 5. The van der Waals surface area contributed by atoms with Crippen molar-refractivity contribution in [3.8, 4) is 28.6 Å². The van der Waals surface area contributed by atoms with Crippen molar-refractivity contribution in [2.75, 3.05) is 33.2 Å². The van der Waals surface area contributed by atoms with Crippen LogP contribution in [0.25, 0.3) is 16.3 Å². The van der Waals surface area contributed by atoms with Gasteiger partial charge in [-0.05, 0) is 24.3 Å². The highest BCUT2D eigenvalue weighted by molar-refractivity contribution is 7.17. The third-order valence-corrected chi connectivity index (χ3v) is 6.94. The van der Waals surface area contributed by atoms with Gasteiger partial charge in [0.15, 0.2) is 17.3 Å². The highest BCUT2D eigenvalue weighted by Gasteiger charge is 2.27. The van der Waals surface area contributed by atoms with Crippen LogP contribution in [0.5, 0.6) is 17.2 Å². The molecule has 0 unspecified atom stereocenters. The average molecular weight is 500 g/mol. The highest BCUT2D eigenvalue weighted by Crippen LogP contribution is 2.40. The normalized spacial score (nSPS) is 13.0. The van der Waals surface area contributed by atoms with E-state index in [2.05, 4.69) is 10.3 Å². The molecule has 0 aliphatic carbocycles. The Morgan fingerprint density at radius 1 is 1.09 bits per heavy atom. The lowest BCUT2D eigenvalue weighted by molar-refractivity contribution is 0.206. The summed E-state index contributed by atoms with van der Waals surface area (Å²) < 4.78 is 18.0. The maximum Gasteiger partial charge on any atom is 0.322 e. The molecule has 1 aliphatic heterocycles. The Bertz CT molecular complexity index is 1340. The lowest BCUT2D eigenvalue weighted by atomic mass is 10.2. The third-order valence-electron chi connectivity index (χ3n) is 5.63. The van der Waals surface area contributed by atoms with Gasteiger partial charge in [-0.25, -0.2) is 9.31 Å². The summed E-state index contributed by atoms with van der Waals surface area (Å²) in [4.78, 5) is 21.3. The first kappa shape index (κ1) is 22.3. The Hall–Kier alpha value is -3.50. The fourth-order valence-corrected chi connectivity index (χ4v) is 5.18. The molecule has 1 aliphatic rings. The number of benzene rings is 2. The standard InChI is InChI=1S/C23H22ClN5O4S/c1-31-17-10-15(11-18(32-2)20(17)33-3)25-22(30)28-9-8-16-19(12-28)34-23-26-21(27-29(16)23)13-4-6-14(24)7-5-13/h4-7,10-11H,8-9,12H2,1-3H3,(H,25,30). The van der Waals surface area contributed by atoms with E-state index in [0.29, 0.717) is 53.3 Å². The monoisotopic (exact) mass is 499 g/mol. The van der Waals surface area contributed by atoms with Crippen molar-refractivity contribution in [2.45, 2.75) is 13.0 Å². The molecule has 2 aromatic carbocycles. The fourth-order valence-electron chi connectivity index (χ4n) is 3.94. The molecule has 1 N–H and O–H groups in total. The van der Waals surface area contributed by atoms with Crippen LogP contribution in [0.1, 0.15) is 10.6 Å². The number of aromatic nitrogens is 3. The van der Waals surface area contributed by atoms with Gasteiger partial charge >= 0.3 is 6.03 Å². The number of halogens is 1. The predicted molar refractivity (Wildman–Crippen MR) is 131 cm³/mol. The van der Waals surface area contributed by atoms with Crippen LogP contribution in [-0.4, -0.2) is 53.4 Å². The van der Waals surface area contributed by atoms with Crippen LogP contribution in [0.4, 0.5) is 10.5 Å². The SMILES string of the molecule is COc1cc(NC(=O)N2CCc3c(sc4nc(-c5ccc(Cl)cc5)nn34)C2)cc(OC)c1OC. The number of hydrogen-bond acceptors (Lipinski definition) is 7. The largest absolute Gasteiger partial charge is 0.493 e. The molecule has 2 amide bonds. The number of amides is 2. The Morgan fingerprint density at radius 2 is 1.79 bits per heavy atom. The minimum absolute atomic E-state index is 0.208. The first-order valence-electron chi connectivity index (χ1n) is 10.5. The molecule has 0 saturated heterocycles. The Morgan fingerprint density at radius 3 is 2.44 bits per heavy atom. The van der Waals surface area contributed by atoms with Gasteiger partial charge in [0.2, 0.25) is 10.7 Å². The van der Waals surface area contributed by atoms with Crippen molar-refractivity contribution in [3.63, 3.8) is 0 Å². The van der Waals surface area contributed by atoms with E-state index < -0.39 is 0 Å². The summed E-state index contributed by atoms with van der Waals surface area (Å²) in [7, 11) is 4.61. The van der Waals surface area contributed by atoms with E-state index in [9.17, 15) is 4.79 Å². The molecule has 0 radical (unpaired) electrons. The van der Waals surface area contributed by atoms with E-state index in [1.54, 1.807) is 28.4 Å². The second-order valence-electron chi connectivity index (χ2n) is 7.62. The molecule has 9 nitrogen and oxygen atoms in total. The number of fused-ring (bicyclic) bond motifs is 3. The molecule has 176 valence electrons. The first-order chi connectivity index (χ1) is 16.5. The van der Waals surface area contributed by atoms with E-state index in [0.717, 1.165) is 21.1 Å². The van der Waals surface area contributed by atoms with Gasteiger partial charge in [-0.1, -0.05) is 22.9 Å². The predicted octanol–water partition coefficient (Wildman–Crippen LogP) is 4.73. The summed E-state index contributed by atoms with van der Waals surface area (Å²) in [5.74, 6) is 2.08. The third kappa shape index (κ3) is 3.99. The van der Waals surface area contributed by atoms with E-state index in [1.165, 1.54) is 21.3 Å². The summed E-state index contributed by atoms with van der Waals surface area (Å²) in [6.07, 6.45) is 0.682. The molecule has 0 fully saturated rings. The number of urea groups is 1. The Labute approximate surface area is 204 Å². The van der Waals surface area contributed by atoms with Crippen LogP contribution in [0.15, 0.2) is 36.4 Å². The molecule has 5 rings (SSSR count). The van der Waals surface area contributed by atoms with E-state index in [-0.39, 0.29) is 6.03 Å². The second kappa shape index (κ2) is 9.03. The van der Waals surface area contributed by atoms with Gasteiger partial charge in [0.1, 0.15) is 0 Å². The molecule has 0 spiro atoms. The summed E-state index contributed by atoms with van der Waals surface area (Å²) in [5, 5.41) is 8.30. The number of nitrogens with zero attached hydrogens (tertiary/aromatic N) is 4. The number of hydrogen-bond donors (Lipinski definition) is 1. The smallest absolute Gasteiger partial charge is 0.322 e. The van der Waals surface area contributed by atoms with Crippen molar-refractivity contribution in [1.82, 2.24) is 19.5 Å². The minimum atomic E-state index is -0.208. The Balaban J connectivity index is 1.34. The Kier molecular flexibility index (Phi) is 5.93. The average Bonchev–Trinajstić information content (AvgIpc) is 3.41. The lowest BCUT2D eigenvalue weighted by Crippen LogP contribution is -2.38. The number of nitrogens with one attached hydrogen (secondary N) is 1. The topological polar surface area (TPSA) is 90.2 Å². The van der Waals surface area contributed by atoms with E-state index >= 15 is 0 Å². The van der Waals surface area contributed by atoms with Crippen molar-refractivity contribution >= 4 is 39.6 Å². The van der Waals surface area contributed by atoms with Gasteiger partial charge < -0.3 is 24.4 Å². The van der Waals surface area contributed by atoms with Crippen LogP contribution in [0.3, 0.4) is 0 Å². The van der Waals surface area contributed by atoms with Gasteiger partial charge in [-0.2, -0.15) is 4.98 Å². The lowest BCUT2D eigenvalue weighted by Gasteiger charge is -2.27. The zero-order valence-electron chi connectivity index (χ0n) is 18.8. The van der Waals surface area contributed by atoms with Gasteiger partial charge in [-0.3, -0.25) is 0 Å². The molecule has 4 aromatic rings. The first-order valence-corrected chi connectivity index (χ1v) is 11.7. The molecular weight excluding hydrogens is 478 g/mol. The minimum Gasteiger partial charge on any atom is -0.493 e. The summed E-state index contributed by atoms with van der Waals surface area (Å²) in [6, 6.07) is 10.7. The molecule has 2 aromatic heterocycles. The molecule has 34 heavy (non-hydrogen) atoms. The van der Waals surface area contributed by atoms with Crippen molar-refractivity contribution in [1.29, 1.82) is 0 Å². The zero-order chi connectivity index (χ0) is 23.8. The van der Waals surface area contributed by atoms with Crippen molar-refractivity contribution in [2.24, 2.45) is 0 Å². The van der Waals surface area contributed by atoms with Crippen LogP contribution >= 0.6 is 22.9 Å². The second-order valence-corrected chi connectivity index (χ2v) is 9.12. The van der Waals surface area contributed by atoms with Gasteiger partial charge in [-0.15, -0.1) is 5.10 Å². The van der Waals surface area contributed by atoms with Gasteiger partial charge in [0.25, 0.3) is 0 Å². The fraction of sp³-hybridized carbons (Fsp3) is 0.261. The van der Waals surface area contributed by atoms with Crippen LogP contribution in [0.2, 0.25) is 5.02 Å².